The van der Waals surface area contributed by atoms with Crippen LogP contribution in [0.1, 0.15) is 17.2 Å². The number of morpholine rings is 2. The standard InChI is InChI=1S/C24H33N3O3/c1-28-23-8-4-21(5-9-23)24(27-12-16-30-17-13-27)19-25-18-20-2-6-22(7-3-20)26-10-14-29-15-11-26/h2-9,24-25H,10-19H2,1H3. The van der Waals surface area contributed by atoms with Crippen molar-refractivity contribution in [3.8, 4) is 5.75 Å². The van der Waals surface area contributed by atoms with Crippen LogP contribution in [0, 0.1) is 0 Å². The van der Waals surface area contributed by atoms with E-state index in [4.69, 9.17) is 14.2 Å². The average molecular weight is 412 g/mol. The second kappa shape index (κ2) is 10.8. The van der Waals surface area contributed by atoms with Crippen molar-refractivity contribution in [2.24, 2.45) is 0 Å². The van der Waals surface area contributed by atoms with E-state index in [1.54, 1.807) is 7.11 Å². The minimum absolute atomic E-state index is 0.326. The van der Waals surface area contributed by atoms with Gasteiger partial charge in [0.15, 0.2) is 0 Å². The summed E-state index contributed by atoms with van der Waals surface area (Å²) < 4.78 is 16.3. The molecule has 6 heteroatoms. The Kier molecular flexibility index (Phi) is 7.59. The van der Waals surface area contributed by atoms with E-state index in [2.05, 4.69) is 51.5 Å². The van der Waals surface area contributed by atoms with E-state index in [-0.39, 0.29) is 0 Å². The SMILES string of the molecule is COc1ccc(C(CNCc2ccc(N3CCOCC3)cc2)N2CCOCC2)cc1. The average Bonchev–Trinajstić information content (AvgIpc) is 2.83. The molecule has 0 spiro atoms. The molecular weight excluding hydrogens is 378 g/mol. The third kappa shape index (κ3) is 5.52. The van der Waals surface area contributed by atoms with E-state index >= 15 is 0 Å². The van der Waals surface area contributed by atoms with Gasteiger partial charge in [-0.05, 0) is 35.4 Å². The Morgan fingerprint density at radius 1 is 0.867 bits per heavy atom. The van der Waals surface area contributed by atoms with Crippen molar-refractivity contribution in [3.63, 3.8) is 0 Å². The van der Waals surface area contributed by atoms with Gasteiger partial charge in [-0.1, -0.05) is 24.3 Å². The summed E-state index contributed by atoms with van der Waals surface area (Å²) in [5.41, 5.74) is 3.90. The largest absolute Gasteiger partial charge is 0.497 e. The Balaban J connectivity index is 1.35. The molecular formula is C24H33N3O3. The second-order valence-electron chi connectivity index (χ2n) is 7.83. The molecule has 162 valence electrons. The van der Waals surface area contributed by atoms with Crippen LogP contribution in [0.5, 0.6) is 5.75 Å². The normalized spacial score (nSPS) is 18.9. The zero-order valence-corrected chi connectivity index (χ0v) is 17.9. The smallest absolute Gasteiger partial charge is 0.118 e. The predicted molar refractivity (Wildman–Crippen MR) is 119 cm³/mol. The summed E-state index contributed by atoms with van der Waals surface area (Å²) in [4.78, 5) is 4.90. The summed E-state index contributed by atoms with van der Waals surface area (Å²) in [7, 11) is 1.71. The number of nitrogens with zero attached hydrogens (tertiary/aromatic N) is 2. The summed E-state index contributed by atoms with van der Waals surface area (Å²) in [6, 6.07) is 17.7. The van der Waals surface area contributed by atoms with Gasteiger partial charge in [0.05, 0.1) is 33.5 Å². The van der Waals surface area contributed by atoms with Crippen molar-refractivity contribution in [3.05, 3.63) is 59.7 Å². The highest BCUT2D eigenvalue weighted by atomic mass is 16.5. The Hall–Kier alpha value is -2.12. The summed E-state index contributed by atoms with van der Waals surface area (Å²) in [5, 5.41) is 3.68. The lowest BCUT2D eigenvalue weighted by molar-refractivity contribution is 0.0161. The van der Waals surface area contributed by atoms with E-state index in [1.807, 2.05) is 12.1 Å². The van der Waals surface area contributed by atoms with E-state index in [1.165, 1.54) is 16.8 Å². The van der Waals surface area contributed by atoms with Crippen LogP contribution in [0.25, 0.3) is 0 Å². The van der Waals surface area contributed by atoms with Gasteiger partial charge in [-0.2, -0.15) is 0 Å². The third-order valence-corrected chi connectivity index (χ3v) is 5.97. The molecule has 1 unspecified atom stereocenters. The lowest BCUT2D eigenvalue weighted by atomic mass is 10.0. The monoisotopic (exact) mass is 411 g/mol. The van der Waals surface area contributed by atoms with Crippen LogP contribution in [0.4, 0.5) is 5.69 Å². The predicted octanol–water partition coefficient (Wildman–Crippen LogP) is 2.69. The van der Waals surface area contributed by atoms with Crippen LogP contribution in [-0.4, -0.2) is 71.2 Å². The Bertz CT molecular complexity index is 754. The first-order valence-corrected chi connectivity index (χ1v) is 10.9. The van der Waals surface area contributed by atoms with Gasteiger partial charge in [-0.25, -0.2) is 0 Å². The van der Waals surface area contributed by atoms with Gasteiger partial charge in [0, 0.05) is 51.0 Å². The van der Waals surface area contributed by atoms with Crippen molar-refractivity contribution in [2.45, 2.75) is 12.6 Å². The Labute approximate surface area is 179 Å². The molecule has 6 nitrogen and oxygen atoms in total. The van der Waals surface area contributed by atoms with Gasteiger partial charge < -0.3 is 24.4 Å². The molecule has 0 aromatic heterocycles. The molecule has 2 aliphatic heterocycles. The highest BCUT2D eigenvalue weighted by Crippen LogP contribution is 2.24. The second-order valence-corrected chi connectivity index (χ2v) is 7.83. The summed E-state index contributed by atoms with van der Waals surface area (Å²) in [6.07, 6.45) is 0. The number of nitrogens with one attached hydrogen (secondary N) is 1. The number of rotatable bonds is 8. The molecule has 0 amide bonds. The highest BCUT2D eigenvalue weighted by molar-refractivity contribution is 5.47. The van der Waals surface area contributed by atoms with Crippen molar-refractivity contribution in [1.82, 2.24) is 10.2 Å². The van der Waals surface area contributed by atoms with Gasteiger partial charge in [0.2, 0.25) is 0 Å². The maximum Gasteiger partial charge on any atom is 0.118 e. The van der Waals surface area contributed by atoms with Crippen molar-refractivity contribution >= 4 is 5.69 Å². The number of methoxy groups -OCH3 is 1. The number of hydrogen-bond acceptors (Lipinski definition) is 6. The number of ether oxygens (including phenoxy) is 3. The molecule has 2 heterocycles. The Morgan fingerprint density at radius 3 is 2.13 bits per heavy atom. The molecule has 2 aliphatic rings. The zero-order chi connectivity index (χ0) is 20.6. The Morgan fingerprint density at radius 2 is 1.50 bits per heavy atom. The molecule has 2 saturated heterocycles. The van der Waals surface area contributed by atoms with E-state index < -0.39 is 0 Å². The lowest BCUT2D eigenvalue weighted by Gasteiger charge is -2.35. The first kappa shape index (κ1) is 21.1. The zero-order valence-electron chi connectivity index (χ0n) is 17.9. The molecule has 2 fully saturated rings. The van der Waals surface area contributed by atoms with Crippen molar-refractivity contribution < 1.29 is 14.2 Å². The maximum atomic E-state index is 5.56. The van der Waals surface area contributed by atoms with Crippen molar-refractivity contribution in [2.75, 3.05) is 71.2 Å². The molecule has 0 saturated carbocycles. The minimum atomic E-state index is 0.326. The number of anilines is 1. The number of hydrogen-bond donors (Lipinski definition) is 1. The van der Waals surface area contributed by atoms with Crippen LogP contribution in [0.2, 0.25) is 0 Å². The van der Waals surface area contributed by atoms with Crippen LogP contribution >= 0.6 is 0 Å². The summed E-state index contributed by atoms with van der Waals surface area (Å²) in [5.74, 6) is 0.896. The van der Waals surface area contributed by atoms with Gasteiger partial charge >= 0.3 is 0 Å². The van der Waals surface area contributed by atoms with Gasteiger partial charge in [0.1, 0.15) is 5.75 Å². The van der Waals surface area contributed by atoms with Gasteiger partial charge in [0.25, 0.3) is 0 Å². The van der Waals surface area contributed by atoms with Crippen LogP contribution < -0.4 is 15.0 Å². The molecule has 30 heavy (non-hydrogen) atoms. The lowest BCUT2D eigenvalue weighted by Crippen LogP contribution is -2.42. The fourth-order valence-electron chi connectivity index (χ4n) is 4.17. The molecule has 0 bridgehead atoms. The molecule has 2 aromatic rings. The van der Waals surface area contributed by atoms with Crippen LogP contribution in [-0.2, 0) is 16.0 Å². The topological polar surface area (TPSA) is 46.2 Å². The fraction of sp³-hybridized carbons (Fsp3) is 0.500. The maximum absolute atomic E-state index is 5.56. The molecule has 1 atom stereocenters. The molecule has 0 aliphatic carbocycles. The van der Waals surface area contributed by atoms with Gasteiger partial charge in [-0.15, -0.1) is 0 Å². The van der Waals surface area contributed by atoms with Crippen LogP contribution in [0.3, 0.4) is 0 Å². The molecule has 4 rings (SSSR count). The van der Waals surface area contributed by atoms with E-state index in [9.17, 15) is 0 Å². The first-order chi connectivity index (χ1) is 14.8. The van der Waals surface area contributed by atoms with Crippen LogP contribution in [0.15, 0.2) is 48.5 Å². The molecule has 1 N–H and O–H groups in total. The van der Waals surface area contributed by atoms with Crippen molar-refractivity contribution in [1.29, 1.82) is 0 Å². The molecule has 2 aromatic carbocycles. The van der Waals surface area contributed by atoms with E-state index in [0.29, 0.717) is 6.04 Å². The molecule has 0 radical (unpaired) electrons. The van der Waals surface area contributed by atoms with Gasteiger partial charge in [-0.3, -0.25) is 4.90 Å². The summed E-state index contributed by atoms with van der Waals surface area (Å²) >= 11 is 0. The number of benzene rings is 2. The van der Waals surface area contributed by atoms with E-state index in [0.717, 1.165) is 71.4 Å². The third-order valence-electron chi connectivity index (χ3n) is 5.97. The quantitative estimate of drug-likeness (QED) is 0.721. The minimum Gasteiger partial charge on any atom is -0.497 e. The fourth-order valence-corrected chi connectivity index (χ4v) is 4.17. The first-order valence-electron chi connectivity index (χ1n) is 10.9. The highest BCUT2D eigenvalue weighted by Gasteiger charge is 2.22. The summed E-state index contributed by atoms with van der Waals surface area (Å²) in [6.45, 7) is 8.87.